The van der Waals surface area contributed by atoms with Gasteiger partial charge in [-0.3, -0.25) is 14.3 Å². The summed E-state index contributed by atoms with van der Waals surface area (Å²) in [6.07, 6.45) is 1.75. The molecule has 1 aromatic carbocycles. The van der Waals surface area contributed by atoms with Crippen LogP contribution in [0.1, 0.15) is 33.5 Å². The Bertz CT molecular complexity index is 1020. The van der Waals surface area contributed by atoms with Crippen LogP contribution < -0.4 is 10.1 Å². The summed E-state index contributed by atoms with van der Waals surface area (Å²) in [7, 11) is 1.63. The average Bonchev–Trinajstić information content (AvgIpc) is 3.24. The van der Waals surface area contributed by atoms with Crippen molar-refractivity contribution in [2.75, 3.05) is 7.11 Å². The second-order valence-electron chi connectivity index (χ2n) is 6.37. The third kappa shape index (κ3) is 4.12. The first-order chi connectivity index (χ1) is 13.4. The number of ether oxygens (including phenoxy) is 1. The van der Waals surface area contributed by atoms with Gasteiger partial charge in [0.1, 0.15) is 17.3 Å². The van der Waals surface area contributed by atoms with Crippen LogP contribution in [-0.2, 0) is 17.9 Å². The molecule has 1 N–H and O–H groups in total. The summed E-state index contributed by atoms with van der Waals surface area (Å²) >= 11 is 1.50. The zero-order valence-corrected chi connectivity index (χ0v) is 17.1. The third-order valence-corrected chi connectivity index (χ3v) is 5.41. The number of aromatic nitrogens is 3. The van der Waals surface area contributed by atoms with Crippen LogP contribution in [0.5, 0.6) is 5.75 Å². The highest BCUT2D eigenvalue weighted by atomic mass is 32.1. The molecule has 0 spiro atoms. The van der Waals surface area contributed by atoms with Gasteiger partial charge >= 0.3 is 0 Å². The van der Waals surface area contributed by atoms with E-state index in [-0.39, 0.29) is 18.2 Å². The summed E-state index contributed by atoms with van der Waals surface area (Å²) in [5.41, 5.74) is 2.85. The number of benzene rings is 1. The predicted molar refractivity (Wildman–Crippen MR) is 108 cm³/mol. The summed E-state index contributed by atoms with van der Waals surface area (Å²) < 4.78 is 6.94. The molecule has 0 atom stereocenters. The van der Waals surface area contributed by atoms with Crippen molar-refractivity contribution in [3.05, 3.63) is 52.3 Å². The number of carbonyl (C=O) groups is 2. The number of para-hydroxylation sites is 1. The highest BCUT2D eigenvalue weighted by Crippen LogP contribution is 2.32. The van der Waals surface area contributed by atoms with E-state index in [2.05, 4.69) is 15.4 Å². The molecule has 8 heteroatoms. The highest BCUT2D eigenvalue weighted by molar-refractivity contribution is 7.15. The summed E-state index contributed by atoms with van der Waals surface area (Å²) in [6.45, 7) is 5.52. The number of Topliss-reactive ketones (excluding diaryl/α,β-unsaturated/α-hetero) is 1. The minimum atomic E-state index is -0.173. The van der Waals surface area contributed by atoms with E-state index in [9.17, 15) is 9.59 Å². The lowest BCUT2D eigenvalue weighted by Crippen LogP contribution is -2.27. The number of rotatable bonds is 7. The number of thiazole rings is 1. The van der Waals surface area contributed by atoms with Gasteiger partial charge < -0.3 is 10.1 Å². The van der Waals surface area contributed by atoms with Crippen molar-refractivity contribution >= 4 is 23.0 Å². The van der Waals surface area contributed by atoms with Gasteiger partial charge in [0.2, 0.25) is 5.91 Å². The summed E-state index contributed by atoms with van der Waals surface area (Å²) in [6, 6.07) is 7.69. The van der Waals surface area contributed by atoms with Crippen molar-refractivity contribution in [3.8, 4) is 16.3 Å². The van der Waals surface area contributed by atoms with E-state index >= 15 is 0 Å². The lowest BCUT2D eigenvalue weighted by molar-refractivity contribution is -0.122. The van der Waals surface area contributed by atoms with E-state index < -0.39 is 0 Å². The molecule has 3 aromatic rings. The zero-order valence-electron chi connectivity index (χ0n) is 16.3. The summed E-state index contributed by atoms with van der Waals surface area (Å²) in [5.74, 6) is 0.543. The predicted octanol–water partition coefficient (Wildman–Crippen LogP) is 3.15. The second kappa shape index (κ2) is 8.35. The monoisotopic (exact) mass is 398 g/mol. The fourth-order valence-electron chi connectivity index (χ4n) is 3.07. The van der Waals surface area contributed by atoms with E-state index in [1.165, 1.54) is 18.3 Å². The Morgan fingerprint density at radius 3 is 2.68 bits per heavy atom. The van der Waals surface area contributed by atoms with Gasteiger partial charge in [-0.1, -0.05) is 12.1 Å². The number of aryl methyl sites for hydroxylation is 1. The fraction of sp³-hybridized carbons (Fsp3) is 0.300. The van der Waals surface area contributed by atoms with E-state index in [4.69, 9.17) is 4.74 Å². The maximum atomic E-state index is 12.3. The maximum absolute atomic E-state index is 12.3. The molecule has 0 aliphatic heterocycles. The number of amides is 1. The minimum Gasteiger partial charge on any atom is -0.496 e. The van der Waals surface area contributed by atoms with Crippen molar-refractivity contribution in [3.63, 3.8) is 0 Å². The second-order valence-corrected chi connectivity index (χ2v) is 7.48. The van der Waals surface area contributed by atoms with Crippen molar-refractivity contribution in [2.24, 2.45) is 0 Å². The van der Waals surface area contributed by atoms with E-state index in [0.29, 0.717) is 23.5 Å². The van der Waals surface area contributed by atoms with E-state index in [0.717, 1.165) is 21.2 Å². The van der Waals surface area contributed by atoms with Gasteiger partial charge in [-0.25, -0.2) is 4.98 Å². The Hall–Kier alpha value is -3.00. The van der Waals surface area contributed by atoms with Crippen LogP contribution in [0.3, 0.4) is 0 Å². The summed E-state index contributed by atoms with van der Waals surface area (Å²) in [4.78, 5) is 29.4. The number of carbonyl (C=O) groups excluding carboxylic acids is 2. The number of ketones is 1. The Morgan fingerprint density at radius 1 is 1.25 bits per heavy atom. The molecule has 0 unspecified atom stereocenters. The molecule has 1 amide bonds. The van der Waals surface area contributed by atoms with Crippen molar-refractivity contribution in [1.82, 2.24) is 20.1 Å². The van der Waals surface area contributed by atoms with Crippen LogP contribution in [0.15, 0.2) is 30.5 Å². The molecular formula is C20H22N4O3S. The van der Waals surface area contributed by atoms with Crippen LogP contribution in [-0.4, -0.2) is 33.6 Å². The lowest BCUT2D eigenvalue weighted by Gasteiger charge is -2.06. The largest absolute Gasteiger partial charge is 0.496 e. The molecule has 0 fully saturated rings. The van der Waals surface area contributed by atoms with Gasteiger partial charge in [0.25, 0.3) is 0 Å². The minimum absolute atomic E-state index is 0.0461. The van der Waals surface area contributed by atoms with Crippen LogP contribution in [0, 0.1) is 13.8 Å². The SMILES string of the molecule is COc1ccccc1-c1ncc(CNC(=O)Cn2nc(C)c(C(C)=O)c2C)s1. The van der Waals surface area contributed by atoms with Gasteiger partial charge in [-0.05, 0) is 32.9 Å². The van der Waals surface area contributed by atoms with Crippen molar-refractivity contribution < 1.29 is 14.3 Å². The molecule has 0 aliphatic carbocycles. The van der Waals surface area contributed by atoms with Gasteiger partial charge in [-0.15, -0.1) is 11.3 Å². The topological polar surface area (TPSA) is 86.1 Å². The molecule has 2 heterocycles. The molecule has 28 heavy (non-hydrogen) atoms. The van der Waals surface area contributed by atoms with Crippen molar-refractivity contribution in [1.29, 1.82) is 0 Å². The standard InChI is InChI=1S/C20H22N4O3S/c1-12-19(14(3)25)13(2)24(23-12)11-18(26)21-9-15-10-22-20(28-15)16-7-5-6-8-17(16)27-4/h5-8,10H,9,11H2,1-4H3,(H,21,26). The lowest BCUT2D eigenvalue weighted by atomic mass is 10.1. The van der Waals surface area contributed by atoms with Gasteiger partial charge in [-0.2, -0.15) is 5.10 Å². The van der Waals surface area contributed by atoms with E-state index in [1.54, 1.807) is 31.8 Å². The Balaban J connectivity index is 1.64. The van der Waals surface area contributed by atoms with Gasteiger partial charge in [0.05, 0.1) is 30.5 Å². The molecule has 2 aromatic heterocycles. The average molecular weight is 398 g/mol. The smallest absolute Gasteiger partial charge is 0.242 e. The Kier molecular flexibility index (Phi) is 5.89. The zero-order chi connectivity index (χ0) is 20.3. The molecule has 7 nitrogen and oxygen atoms in total. The van der Waals surface area contributed by atoms with Crippen LogP contribution in [0.4, 0.5) is 0 Å². The first kappa shape index (κ1) is 19.8. The fourth-order valence-corrected chi connectivity index (χ4v) is 3.96. The number of nitrogens with zero attached hydrogens (tertiary/aromatic N) is 3. The van der Waals surface area contributed by atoms with Gasteiger partial charge in [0.15, 0.2) is 5.78 Å². The summed E-state index contributed by atoms with van der Waals surface area (Å²) in [5, 5.41) is 8.02. The van der Waals surface area contributed by atoms with Crippen LogP contribution >= 0.6 is 11.3 Å². The normalized spacial score (nSPS) is 10.7. The van der Waals surface area contributed by atoms with Crippen LogP contribution in [0.2, 0.25) is 0 Å². The number of hydrogen-bond donors (Lipinski definition) is 1. The van der Waals surface area contributed by atoms with Crippen LogP contribution in [0.25, 0.3) is 10.6 Å². The maximum Gasteiger partial charge on any atom is 0.242 e. The molecule has 0 saturated heterocycles. The first-order valence-corrected chi connectivity index (χ1v) is 9.62. The van der Waals surface area contributed by atoms with E-state index in [1.807, 2.05) is 24.3 Å². The van der Waals surface area contributed by atoms with Gasteiger partial charge in [0, 0.05) is 16.8 Å². The first-order valence-electron chi connectivity index (χ1n) is 8.80. The van der Waals surface area contributed by atoms with Crippen molar-refractivity contribution in [2.45, 2.75) is 33.9 Å². The third-order valence-electron chi connectivity index (χ3n) is 4.38. The Morgan fingerprint density at radius 2 is 2.00 bits per heavy atom. The number of methoxy groups -OCH3 is 1. The Labute approximate surface area is 167 Å². The molecular weight excluding hydrogens is 376 g/mol. The highest BCUT2D eigenvalue weighted by Gasteiger charge is 2.17. The molecule has 0 saturated carbocycles. The molecule has 146 valence electrons. The number of hydrogen-bond acceptors (Lipinski definition) is 6. The molecule has 3 rings (SSSR count). The molecule has 0 aliphatic rings. The molecule has 0 radical (unpaired) electrons. The quantitative estimate of drug-likeness (QED) is 0.618. The molecule has 0 bridgehead atoms. The number of nitrogens with one attached hydrogen (secondary N) is 1.